The summed E-state index contributed by atoms with van der Waals surface area (Å²) >= 11 is 1.77. The molecule has 2 aromatic rings. The summed E-state index contributed by atoms with van der Waals surface area (Å²) in [6.07, 6.45) is 11.5. The van der Waals surface area contributed by atoms with Gasteiger partial charge in [-0.2, -0.15) is 0 Å². The van der Waals surface area contributed by atoms with Gasteiger partial charge in [0.1, 0.15) is 11.2 Å². The number of likely N-dealkylation sites (tertiary alicyclic amines) is 1. The molecule has 3 aliphatic rings. The van der Waals surface area contributed by atoms with Crippen molar-refractivity contribution in [2.45, 2.75) is 96.2 Å². The van der Waals surface area contributed by atoms with E-state index in [2.05, 4.69) is 33.8 Å². The minimum absolute atomic E-state index is 0.00707. The molecule has 5 rings (SSSR count). The number of hydrogen-bond acceptors (Lipinski definition) is 4. The molecule has 0 radical (unpaired) electrons. The molecule has 0 aromatic carbocycles. The van der Waals surface area contributed by atoms with E-state index < -0.39 is 5.54 Å². The maximum absolute atomic E-state index is 13.8. The maximum atomic E-state index is 13.8. The maximum Gasteiger partial charge on any atom is 0.271 e. The number of rotatable bonds is 7. The predicted molar refractivity (Wildman–Crippen MR) is 139 cm³/mol. The van der Waals surface area contributed by atoms with Gasteiger partial charge in [0.05, 0.1) is 16.8 Å². The zero-order valence-electron chi connectivity index (χ0n) is 20.9. The van der Waals surface area contributed by atoms with Crippen LogP contribution in [0, 0.1) is 0 Å². The quantitative estimate of drug-likeness (QED) is 0.614. The Kier molecular flexibility index (Phi) is 7.03. The van der Waals surface area contributed by atoms with Gasteiger partial charge in [0.2, 0.25) is 5.91 Å². The molecule has 2 amide bonds. The van der Waals surface area contributed by atoms with Crippen LogP contribution in [0.15, 0.2) is 12.1 Å². The molecule has 1 saturated heterocycles. The average molecular weight is 485 g/mol. The van der Waals surface area contributed by atoms with Gasteiger partial charge in [-0.15, -0.1) is 11.3 Å². The number of nitrogens with zero attached hydrogens (tertiary/aromatic N) is 3. The summed E-state index contributed by atoms with van der Waals surface area (Å²) in [5.74, 6) is 0.0248. The van der Waals surface area contributed by atoms with E-state index in [1.807, 2.05) is 11.8 Å². The van der Waals surface area contributed by atoms with Crippen molar-refractivity contribution < 1.29 is 9.59 Å². The fraction of sp³-hybridized carbons (Fsp3) is 0.704. The van der Waals surface area contributed by atoms with Crippen LogP contribution in [0.25, 0.3) is 10.2 Å². The average Bonchev–Trinajstić information content (AvgIpc) is 3.41. The normalized spacial score (nSPS) is 24.5. The Morgan fingerprint density at radius 3 is 2.56 bits per heavy atom. The van der Waals surface area contributed by atoms with Crippen LogP contribution in [0.5, 0.6) is 0 Å². The van der Waals surface area contributed by atoms with Crippen molar-refractivity contribution in [1.82, 2.24) is 19.7 Å². The van der Waals surface area contributed by atoms with E-state index in [9.17, 15) is 9.59 Å². The SMILES string of the molecule is CCc1cc2c(cc3n2C[C@@](C)(C(=O)NC2CCCCC2)N(CCCN2CCCCC2)C3=O)s1. The second kappa shape index (κ2) is 10.0. The van der Waals surface area contributed by atoms with Gasteiger partial charge in [-0.3, -0.25) is 9.59 Å². The fourth-order valence-electron chi connectivity index (χ4n) is 6.14. The molecule has 34 heavy (non-hydrogen) atoms. The highest BCUT2D eigenvalue weighted by Gasteiger charge is 2.48. The van der Waals surface area contributed by atoms with Crippen molar-refractivity contribution in [3.63, 3.8) is 0 Å². The first-order valence-electron chi connectivity index (χ1n) is 13.5. The van der Waals surface area contributed by atoms with Crippen LogP contribution in [0.3, 0.4) is 0 Å². The minimum Gasteiger partial charge on any atom is -0.351 e. The van der Waals surface area contributed by atoms with Gasteiger partial charge in [-0.25, -0.2) is 0 Å². The van der Waals surface area contributed by atoms with E-state index in [0.29, 0.717) is 13.1 Å². The summed E-state index contributed by atoms with van der Waals surface area (Å²) in [7, 11) is 0. The van der Waals surface area contributed by atoms with Crippen molar-refractivity contribution >= 4 is 33.4 Å². The Balaban J connectivity index is 1.40. The van der Waals surface area contributed by atoms with E-state index in [0.717, 1.165) is 61.2 Å². The molecule has 1 aliphatic carbocycles. The van der Waals surface area contributed by atoms with E-state index in [4.69, 9.17) is 0 Å². The fourth-order valence-corrected chi connectivity index (χ4v) is 7.18. The zero-order valence-corrected chi connectivity index (χ0v) is 21.7. The molecule has 0 spiro atoms. The molecule has 1 saturated carbocycles. The largest absolute Gasteiger partial charge is 0.351 e. The van der Waals surface area contributed by atoms with Gasteiger partial charge in [-0.05, 0) is 77.2 Å². The Bertz CT molecular complexity index is 1030. The smallest absolute Gasteiger partial charge is 0.271 e. The molecule has 186 valence electrons. The first kappa shape index (κ1) is 23.9. The minimum atomic E-state index is -0.871. The van der Waals surface area contributed by atoms with Crippen LogP contribution < -0.4 is 5.32 Å². The second-order valence-corrected chi connectivity index (χ2v) is 11.9. The van der Waals surface area contributed by atoms with Crippen LogP contribution in [0.1, 0.15) is 87.0 Å². The number of carbonyl (C=O) groups is 2. The van der Waals surface area contributed by atoms with Crippen LogP contribution in [-0.4, -0.2) is 63.9 Å². The summed E-state index contributed by atoms with van der Waals surface area (Å²) in [4.78, 5) is 33.4. The van der Waals surface area contributed by atoms with Crippen LogP contribution in [-0.2, 0) is 17.8 Å². The summed E-state index contributed by atoms with van der Waals surface area (Å²) in [5.41, 5.74) is 0.976. The zero-order chi connectivity index (χ0) is 23.7. The highest BCUT2D eigenvalue weighted by molar-refractivity contribution is 7.19. The highest BCUT2D eigenvalue weighted by atomic mass is 32.1. The molecule has 2 fully saturated rings. The van der Waals surface area contributed by atoms with Gasteiger partial charge in [0, 0.05) is 17.5 Å². The number of thiophene rings is 1. The van der Waals surface area contributed by atoms with Crippen molar-refractivity contribution in [2.75, 3.05) is 26.2 Å². The number of fused-ring (bicyclic) bond motifs is 3. The van der Waals surface area contributed by atoms with E-state index in [1.165, 1.54) is 43.4 Å². The van der Waals surface area contributed by atoms with Crippen molar-refractivity contribution in [3.05, 3.63) is 22.7 Å². The lowest BCUT2D eigenvalue weighted by atomic mass is 9.91. The molecule has 7 heteroatoms. The van der Waals surface area contributed by atoms with Crippen LogP contribution in [0.4, 0.5) is 0 Å². The Labute approximate surface area is 207 Å². The summed E-state index contributed by atoms with van der Waals surface area (Å²) in [6, 6.07) is 4.50. The van der Waals surface area contributed by atoms with Gasteiger partial charge in [0.25, 0.3) is 5.91 Å². The first-order valence-corrected chi connectivity index (χ1v) is 14.3. The Hall–Kier alpha value is -1.86. The molecular weight excluding hydrogens is 444 g/mol. The van der Waals surface area contributed by atoms with Gasteiger partial charge < -0.3 is 19.7 Å². The number of nitrogens with one attached hydrogen (secondary N) is 1. The first-order chi connectivity index (χ1) is 16.5. The van der Waals surface area contributed by atoms with E-state index in [1.54, 1.807) is 11.3 Å². The monoisotopic (exact) mass is 484 g/mol. The van der Waals surface area contributed by atoms with Gasteiger partial charge in [-0.1, -0.05) is 32.6 Å². The molecular formula is C27H40N4O2S. The molecule has 2 aliphatic heterocycles. The van der Waals surface area contributed by atoms with Crippen molar-refractivity contribution in [2.24, 2.45) is 0 Å². The van der Waals surface area contributed by atoms with Crippen molar-refractivity contribution in [1.29, 1.82) is 0 Å². The predicted octanol–water partition coefficient (Wildman–Crippen LogP) is 4.80. The molecule has 2 aromatic heterocycles. The Morgan fingerprint density at radius 1 is 1.09 bits per heavy atom. The van der Waals surface area contributed by atoms with E-state index >= 15 is 0 Å². The number of aryl methyl sites for hydroxylation is 1. The van der Waals surface area contributed by atoms with Crippen LogP contribution in [0.2, 0.25) is 0 Å². The van der Waals surface area contributed by atoms with Crippen molar-refractivity contribution in [3.8, 4) is 0 Å². The third-order valence-electron chi connectivity index (χ3n) is 8.25. The highest BCUT2D eigenvalue weighted by Crippen LogP contribution is 2.36. The number of amides is 2. The number of piperidine rings is 1. The summed E-state index contributed by atoms with van der Waals surface area (Å²) in [6.45, 7) is 8.63. The summed E-state index contributed by atoms with van der Waals surface area (Å²) < 4.78 is 3.28. The molecule has 0 unspecified atom stereocenters. The summed E-state index contributed by atoms with van der Waals surface area (Å²) in [5, 5.41) is 3.35. The molecule has 0 bridgehead atoms. The molecule has 1 N–H and O–H groups in total. The number of aromatic nitrogens is 1. The van der Waals surface area contributed by atoms with Gasteiger partial charge >= 0.3 is 0 Å². The van der Waals surface area contributed by atoms with Gasteiger partial charge in [0.15, 0.2) is 0 Å². The lowest BCUT2D eigenvalue weighted by Crippen LogP contribution is -2.65. The second-order valence-electron chi connectivity index (χ2n) is 10.7. The third-order valence-corrected chi connectivity index (χ3v) is 9.46. The van der Waals surface area contributed by atoms with E-state index in [-0.39, 0.29) is 17.9 Å². The molecule has 6 nitrogen and oxygen atoms in total. The third kappa shape index (κ3) is 4.53. The van der Waals surface area contributed by atoms with Crippen LogP contribution >= 0.6 is 11.3 Å². The Morgan fingerprint density at radius 2 is 1.82 bits per heavy atom. The standard InChI is InChI=1S/C27H40N4O2S/c1-3-21-17-22-24(34-21)18-23-25(32)31(16-10-15-29-13-8-5-9-14-29)27(2,19-30(22)23)26(33)28-20-11-6-4-7-12-20/h17-18,20H,3-16,19H2,1-2H3,(H,28,33)/t27-/m0/s1. The lowest BCUT2D eigenvalue weighted by Gasteiger charge is -2.45. The topological polar surface area (TPSA) is 57.6 Å². The number of hydrogen-bond donors (Lipinski definition) is 1. The number of carbonyl (C=O) groups excluding carboxylic acids is 2. The molecule has 4 heterocycles. The lowest BCUT2D eigenvalue weighted by molar-refractivity contribution is -0.133. The molecule has 1 atom stereocenters.